The van der Waals surface area contributed by atoms with Crippen molar-refractivity contribution < 1.29 is 5.11 Å². The van der Waals surface area contributed by atoms with Gasteiger partial charge >= 0.3 is 0 Å². The molecule has 0 aliphatic heterocycles. The van der Waals surface area contributed by atoms with Crippen LogP contribution in [0.5, 0.6) is 0 Å². The average Bonchev–Trinajstić information content (AvgIpc) is 2.77. The van der Waals surface area contributed by atoms with Crippen molar-refractivity contribution in [3.05, 3.63) is 30.1 Å². The SMILES string of the molecule is CNCc1c(N(C)CC2CC(O)C2)nc2ccccn12. The van der Waals surface area contributed by atoms with Crippen LogP contribution in [0.1, 0.15) is 18.5 Å². The second-order valence-electron chi connectivity index (χ2n) is 5.71. The Bertz CT molecular complexity index is 589. The third-order valence-corrected chi connectivity index (χ3v) is 4.06. The lowest BCUT2D eigenvalue weighted by atomic mass is 9.82. The van der Waals surface area contributed by atoms with E-state index in [1.54, 1.807) is 0 Å². The maximum absolute atomic E-state index is 9.41. The Balaban J connectivity index is 1.87. The smallest absolute Gasteiger partial charge is 0.152 e. The molecule has 0 atom stereocenters. The Morgan fingerprint density at radius 3 is 2.95 bits per heavy atom. The average molecular weight is 274 g/mol. The summed E-state index contributed by atoms with van der Waals surface area (Å²) in [7, 11) is 4.04. The van der Waals surface area contributed by atoms with Crippen molar-refractivity contribution in [2.45, 2.75) is 25.5 Å². The number of hydrogen-bond acceptors (Lipinski definition) is 4. The molecule has 0 saturated heterocycles. The zero-order chi connectivity index (χ0) is 14.1. The van der Waals surface area contributed by atoms with E-state index < -0.39 is 0 Å². The number of aliphatic hydroxyl groups excluding tert-OH is 1. The number of fused-ring (bicyclic) bond motifs is 1. The van der Waals surface area contributed by atoms with Crippen LogP contribution in [0.15, 0.2) is 24.4 Å². The van der Waals surface area contributed by atoms with Gasteiger partial charge in [-0.3, -0.25) is 0 Å². The van der Waals surface area contributed by atoms with E-state index in [2.05, 4.69) is 27.9 Å². The summed E-state index contributed by atoms with van der Waals surface area (Å²) in [6.45, 7) is 1.75. The van der Waals surface area contributed by atoms with Gasteiger partial charge in [0.15, 0.2) is 5.82 Å². The van der Waals surface area contributed by atoms with E-state index in [1.807, 2.05) is 25.2 Å². The lowest BCUT2D eigenvalue weighted by molar-refractivity contribution is 0.0464. The Hall–Kier alpha value is -1.59. The molecule has 2 aromatic heterocycles. The largest absolute Gasteiger partial charge is 0.393 e. The summed E-state index contributed by atoms with van der Waals surface area (Å²) < 4.78 is 2.14. The normalized spacial score (nSPS) is 21.9. The summed E-state index contributed by atoms with van der Waals surface area (Å²) in [5, 5.41) is 12.6. The van der Waals surface area contributed by atoms with Crippen molar-refractivity contribution in [1.82, 2.24) is 14.7 Å². The minimum Gasteiger partial charge on any atom is -0.393 e. The summed E-state index contributed by atoms with van der Waals surface area (Å²) in [4.78, 5) is 6.97. The number of pyridine rings is 1. The van der Waals surface area contributed by atoms with Gasteiger partial charge in [0, 0.05) is 26.3 Å². The molecule has 1 aliphatic carbocycles. The maximum atomic E-state index is 9.41. The number of imidazole rings is 1. The highest BCUT2D eigenvalue weighted by atomic mass is 16.3. The van der Waals surface area contributed by atoms with Crippen LogP contribution in [0.3, 0.4) is 0 Å². The first kappa shape index (κ1) is 13.4. The molecule has 0 bridgehead atoms. The molecule has 5 nitrogen and oxygen atoms in total. The van der Waals surface area contributed by atoms with E-state index in [4.69, 9.17) is 4.98 Å². The Kier molecular flexibility index (Phi) is 3.63. The van der Waals surface area contributed by atoms with Gasteiger partial charge < -0.3 is 19.7 Å². The van der Waals surface area contributed by atoms with Crippen molar-refractivity contribution in [3.63, 3.8) is 0 Å². The molecule has 0 spiro atoms. The van der Waals surface area contributed by atoms with E-state index in [0.29, 0.717) is 5.92 Å². The first-order chi connectivity index (χ1) is 9.69. The minimum atomic E-state index is -0.0914. The van der Waals surface area contributed by atoms with Gasteiger partial charge in [-0.05, 0) is 37.9 Å². The number of rotatable bonds is 5. The first-order valence-electron chi connectivity index (χ1n) is 7.18. The van der Waals surface area contributed by atoms with Crippen LogP contribution >= 0.6 is 0 Å². The molecule has 1 fully saturated rings. The number of hydrogen-bond donors (Lipinski definition) is 2. The number of nitrogens with one attached hydrogen (secondary N) is 1. The molecular formula is C15H22N4O. The van der Waals surface area contributed by atoms with Gasteiger partial charge in [0.2, 0.25) is 0 Å². The van der Waals surface area contributed by atoms with Gasteiger partial charge in [0.1, 0.15) is 5.65 Å². The van der Waals surface area contributed by atoms with Gasteiger partial charge in [-0.15, -0.1) is 0 Å². The molecule has 2 heterocycles. The zero-order valence-corrected chi connectivity index (χ0v) is 12.1. The van der Waals surface area contributed by atoms with Gasteiger partial charge in [0.25, 0.3) is 0 Å². The van der Waals surface area contributed by atoms with Crippen molar-refractivity contribution in [1.29, 1.82) is 0 Å². The van der Waals surface area contributed by atoms with Crippen LogP contribution in [0.25, 0.3) is 5.65 Å². The minimum absolute atomic E-state index is 0.0914. The second kappa shape index (κ2) is 5.42. The predicted molar refractivity (Wildman–Crippen MR) is 80.0 cm³/mol. The number of aliphatic hydroxyl groups is 1. The molecule has 108 valence electrons. The second-order valence-corrected chi connectivity index (χ2v) is 5.71. The summed E-state index contributed by atoms with van der Waals surface area (Å²) in [5.74, 6) is 1.62. The van der Waals surface area contributed by atoms with Gasteiger partial charge in [-0.25, -0.2) is 4.98 Å². The van der Waals surface area contributed by atoms with Crippen LogP contribution in [-0.4, -0.2) is 41.2 Å². The summed E-state index contributed by atoms with van der Waals surface area (Å²) >= 11 is 0. The molecule has 3 rings (SSSR count). The van der Waals surface area contributed by atoms with Crippen molar-refractivity contribution >= 4 is 11.5 Å². The van der Waals surface area contributed by atoms with Crippen molar-refractivity contribution in [3.8, 4) is 0 Å². The van der Waals surface area contributed by atoms with Gasteiger partial charge in [-0.1, -0.05) is 6.07 Å². The molecule has 0 amide bonds. The quantitative estimate of drug-likeness (QED) is 0.862. The standard InChI is InChI=1S/C15H22N4O/c1-16-9-13-15(17-14-5-3-4-6-19(13)14)18(2)10-11-7-12(20)8-11/h3-6,11-12,16,20H,7-10H2,1-2H3. The highest BCUT2D eigenvalue weighted by molar-refractivity contribution is 5.55. The van der Waals surface area contributed by atoms with Crippen LogP contribution < -0.4 is 10.2 Å². The third kappa shape index (κ3) is 2.39. The lowest BCUT2D eigenvalue weighted by Crippen LogP contribution is -2.37. The fourth-order valence-corrected chi connectivity index (χ4v) is 2.99. The highest BCUT2D eigenvalue weighted by Crippen LogP contribution is 2.30. The maximum Gasteiger partial charge on any atom is 0.152 e. The summed E-state index contributed by atoms with van der Waals surface area (Å²) in [6, 6.07) is 6.07. The Labute approximate surface area is 119 Å². The molecule has 2 aromatic rings. The Morgan fingerprint density at radius 2 is 2.25 bits per heavy atom. The van der Waals surface area contributed by atoms with Crippen LogP contribution in [0, 0.1) is 5.92 Å². The molecule has 2 N–H and O–H groups in total. The van der Waals surface area contributed by atoms with E-state index in [0.717, 1.165) is 37.4 Å². The summed E-state index contributed by atoms with van der Waals surface area (Å²) in [6.07, 6.45) is 3.80. The van der Waals surface area contributed by atoms with Crippen LogP contribution in [-0.2, 0) is 6.54 Å². The van der Waals surface area contributed by atoms with E-state index in [9.17, 15) is 5.11 Å². The van der Waals surface area contributed by atoms with Crippen LogP contribution in [0.4, 0.5) is 5.82 Å². The molecular weight excluding hydrogens is 252 g/mol. The monoisotopic (exact) mass is 274 g/mol. The molecule has 5 heteroatoms. The highest BCUT2D eigenvalue weighted by Gasteiger charge is 2.29. The predicted octanol–water partition coefficient (Wildman–Crippen LogP) is 1.26. The van der Waals surface area contributed by atoms with Crippen molar-refractivity contribution in [2.75, 3.05) is 25.5 Å². The Morgan fingerprint density at radius 1 is 1.45 bits per heavy atom. The molecule has 0 radical (unpaired) electrons. The number of aromatic nitrogens is 2. The molecule has 1 saturated carbocycles. The van der Waals surface area contributed by atoms with Crippen LogP contribution in [0.2, 0.25) is 0 Å². The number of anilines is 1. The molecule has 20 heavy (non-hydrogen) atoms. The van der Waals surface area contributed by atoms with E-state index >= 15 is 0 Å². The van der Waals surface area contributed by atoms with Crippen molar-refractivity contribution in [2.24, 2.45) is 5.92 Å². The van der Waals surface area contributed by atoms with E-state index in [1.165, 1.54) is 5.69 Å². The van der Waals surface area contributed by atoms with Gasteiger partial charge in [-0.2, -0.15) is 0 Å². The fourth-order valence-electron chi connectivity index (χ4n) is 2.99. The fraction of sp³-hybridized carbons (Fsp3) is 0.533. The lowest BCUT2D eigenvalue weighted by Gasteiger charge is -2.34. The zero-order valence-electron chi connectivity index (χ0n) is 12.1. The molecule has 0 unspecified atom stereocenters. The molecule has 0 aromatic carbocycles. The number of nitrogens with zero attached hydrogens (tertiary/aromatic N) is 3. The van der Waals surface area contributed by atoms with E-state index in [-0.39, 0.29) is 6.10 Å². The topological polar surface area (TPSA) is 52.8 Å². The first-order valence-corrected chi connectivity index (χ1v) is 7.18. The third-order valence-electron chi connectivity index (χ3n) is 4.06. The summed E-state index contributed by atoms with van der Waals surface area (Å²) in [5.41, 5.74) is 2.17. The molecule has 1 aliphatic rings. The van der Waals surface area contributed by atoms with Gasteiger partial charge in [0.05, 0.1) is 11.8 Å².